The van der Waals surface area contributed by atoms with Crippen molar-refractivity contribution in [1.29, 1.82) is 0 Å². The molecule has 1 aromatic rings. The summed E-state index contributed by atoms with van der Waals surface area (Å²) in [7, 11) is 0. The van der Waals surface area contributed by atoms with Gasteiger partial charge in [-0.3, -0.25) is 0 Å². The molecule has 1 aliphatic heterocycles. The summed E-state index contributed by atoms with van der Waals surface area (Å²) in [6, 6.07) is 0. The third kappa shape index (κ3) is 3.02. The van der Waals surface area contributed by atoms with Crippen LogP contribution < -0.4 is 10.2 Å². The summed E-state index contributed by atoms with van der Waals surface area (Å²) in [5.74, 6) is 3.66. The SMILES string of the molecule is C#CC(C)(C)Nc1nc(Cl)nc(N2CCCC2)n1. The number of nitrogens with one attached hydrogen (secondary N) is 1. The average molecular weight is 266 g/mol. The molecule has 18 heavy (non-hydrogen) atoms. The van der Waals surface area contributed by atoms with E-state index in [9.17, 15) is 0 Å². The van der Waals surface area contributed by atoms with E-state index in [2.05, 4.69) is 31.1 Å². The van der Waals surface area contributed by atoms with Crippen LogP contribution in [0.25, 0.3) is 0 Å². The van der Waals surface area contributed by atoms with Gasteiger partial charge in [-0.25, -0.2) is 0 Å². The quantitative estimate of drug-likeness (QED) is 0.847. The van der Waals surface area contributed by atoms with E-state index in [1.165, 1.54) is 0 Å². The van der Waals surface area contributed by atoms with Crippen LogP contribution in [0.3, 0.4) is 0 Å². The maximum absolute atomic E-state index is 5.92. The van der Waals surface area contributed by atoms with Crippen molar-refractivity contribution in [3.05, 3.63) is 5.28 Å². The molecule has 0 bridgehead atoms. The van der Waals surface area contributed by atoms with Gasteiger partial charge in [-0.15, -0.1) is 6.42 Å². The molecule has 1 saturated heterocycles. The molecular formula is C12H16ClN5. The lowest BCUT2D eigenvalue weighted by Crippen LogP contribution is -2.30. The minimum Gasteiger partial charge on any atom is -0.341 e. The molecule has 0 saturated carbocycles. The van der Waals surface area contributed by atoms with Crippen molar-refractivity contribution in [3.8, 4) is 12.3 Å². The molecule has 1 N–H and O–H groups in total. The van der Waals surface area contributed by atoms with Crippen molar-refractivity contribution in [2.45, 2.75) is 32.2 Å². The average Bonchev–Trinajstić information content (AvgIpc) is 2.81. The highest BCUT2D eigenvalue weighted by molar-refractivity contribution is 6.28. The Morgan fingerprint density at radius 2 is 1.94 bits per heavy atom. The Morgan fingerprint density at radius 1 is 1.28 bits per heavy atom. The molecule has 2 heterocycles. The summed E-state index contributed by atoms with van der Waals surface area (Å²) in [6.45, 7) is 5.66. The topological polar surface area (TPSA) is 53.9 Å². The molecule has 6 heteroatoms. The number of rotatable bonds is 3. The number of aromatic nitrogens is 3. The van der Waals surface area contributed by atoms with E-state index in [1.807, 2.05) is 13.8 Å². The summed E-state index contributed by atoms with van der Waals surface area (Å²) in [5, 5.41) is 3.25. The van der Waals surface area contributed by atoms with Gasteiger partial charge in [-0.05, 0) is 38.3 Å². The number of halogens is 1. The van der Waals surface area contributed by atoms with Gasteiger partial charge in [-0.2, -0.15) is 15.0 Å². The normalized spacial score (nSPS) is 15.6. The molecule has 1 aromatic heterocycles. The molecule has 5 nitrogen and oxygen atoms in total. The van der Waals surface area contributed by atoms with Gasteiger partial charge in [0.05, 0.1) is 5.54 Å². The Kier molecular flexibility index (Phi) is 3.58. The molecule has 0 spiro atoms. The molecule has 0 unspecified atom stereocenters. The summed E-state index contributed by atoms with van der Waals surface area (Å²) >= 11 is 5.92. The standard InChI is InChI=1S/C12H16ClN5/c1-4-12(2,3)17-10-14-9(13)15-11(16-10)18-7-5-6-8-18/h1H,5-8H2,2-3H3,(H,14,15,16,17). The van der Waals surface area contributed by atoms with Gasteiger partial charge in [0.2, 0.25) is 17.2 Å². The number of terminal acetylenes is 1. The summed E-state index contributed by atoms with van der Waals surface area (Å²) in [5.41, 5.74) is -0.521. The third-order valence-corrected chi connectivity index (χ3v) is 2.94. The molecule has 0 aliphatic carbocycles. The lowest BCUT2D eigenvalue weighted by molar-refractivity contribution is 0.724. The van der Waals surface area contributed by atoms with Gasteiger partial charge in [0, 0.05) is 13.1 Å². The monoisotopic (exact) mass is 265 g/mol. The zero-order chi connectivity index (χ0) is 13.2. The van der Waals surface area contributed by atoms with E-state index >= 15 is 0 Å². The van der Waals surface area contributed by atoms with Crippen molar-refractivity contribution in [2.75, 3.05) is 23.3 Å². The molecule has 0 atom stereocenters. The molecule has 0 aromatic carbocycles. The molecule has 2 rings (SSSR count). The van der Waals surface area contributed by atoms with Gasteiger partial charge < -0.3 is 10.2 Å². The first-order valence-electron chi connectivity index (χ1n) is 5.93. The van der Waals surface area contributed by atoms with E-state index in [4.69, 9.17) is 18.0 Å². The number of hydrogen-bond acceptors (Lipinski definition) is 5. The number of nitrogens with zero attached hydrogens (tertiary/aromatic N) is 4. The van der Waals surface area contributed by atoms with Crippen LogP contribution in [0.15, 0.2) is 0 Å². The molecular weight excluding hydrogens is 250 g/mol. The zero-order valence-electron chi connectivity index (χ0n) is 10.6. The van der Waals surface area contributed by atoms with E-state index in [0.717, 1.165) is 25.9 Å². The Bertz CT molecular complexity index is 474. The van der Waals surface area contributed by atoms with Crippen molar-refractivity contribution >= 4 is 23.5 Å². The van der Waals surface area contributed by atoms with Crippen molar-refractivity contribution in [2.24, 2.45) is 0 Å². The lowest BCUT2D eigenvalue weighted by atomic mass is 10.1. The summed E-state index contributed by atoms with van der Waals surface area (Å²) in [6.07, 6.45) is 7.73. The highest BCUT2D eigenvalue weighted by atomic mass is 35.5. The van der Waals surface area contributed by atoms with E-state index in [-0.39, 0.29) is 5.28 Å². The van der Waals surface area contributed by atoms with Crippen LogP contribution >= 0.6 is 11.6 Å². The smallest absolute Gasteiger partial charge is 0.231 e. The van der Waals surface area contributed by atoms with Gasteiger partial charge >= 0.3 is 0 Å². The largest absolute Gasteiger partial charge is 0.341 e. The van der Waals surface area contributed by atoms with Crippen LogP contribution in [-0.2, 0) is 0 Å². The maximum atomic E-state index is 5.92. The Morgan fingerprint density at radius 3 is 2.56 bits per heavy atom. The fourth-order valence-corrected chi connectivity index (χ4v) is 1.93. The molecule has 0 amide bonds. The van der Waals surface area contributed by atoms with Crippen LogP contribution in [0.2, 0.25) is 5.28 Å². The van der Waals surface area contributed by atoms with Gasteiger partial charge in [0.1, 0.15) is 0 Å². The van der Waals surface area contributed by atoms with E-state index in [1.54, 1.807) is 0 Å². The summed E-state index contributed by atoms with van der Waals surface area (Å²) < 4.78 is 0. The second kappa shape index (κ2) is 4.99. The summed E-state index contributed by atoms with van der Waals surface area (Å²) in [4.78, 5) is 14.7. The van der Waals surface area contributed by atoms with Crippen LogP contribution in [0.4, 0.5) is 11.9 Å². The minimum absolute atomic E-state index is 0.183. The van der Waals surface area contributed by atoms with Crippen molar-refractivity contribution in [3.63, 3.8) is 0 Å². The highest BCUT2D eigenvalue weighted by Gasteiger charge is 2.19. The fraction of sp³-hybridized carbons (Fsp3) is 0.583. The predicted octanol–water partition coefficient (Wildman–Crippen LogP) is 1.95. The minimum atomic E-state index is -0.521. The third-order valence-electron chi connectivity index (χ3n) is 2.77. The van der Waals surface area contributed by atoms with Crippen LogP contribution in [0, 0.1) is 12.3 Å². The second-order valence-corrected chi connectivity index (χ2v) is 5.15. The van der Waals surface area contributed by atoms with Crippen LogP contribution in [-0.4, -0.2) is 33.6 Å². The highest BCUT2D eigenvalue weighted by Crippen LogP contribution is 2.20. The molecule has 96 valence electrons. The Hall–Kier alpha value is -1.54. The van der Waals surface area contributed by atoms with E-state index < -0.39 is 5.54 Å². The Balaban J connectivity index is 2.24. The Labute approximate surface area is 112 Å². The van der Waals surface area contributed by atoms with Gasteiger partial charge in [0.25, 0.3) is 0 Å². The first-order chi connectivity index (χ1) is 8.50. The molecule has 1 aliphatic rings. The van der Waals surface area contributed by atoms with Crippen LogP contribution in [0.1, 0.15) is 26.7 Å². The van der Waals surface area contributed by atoms with Gasteiger partial charge in [0.15, 0.2) is 0 Å². The number of hydrogen-bond donors (Lipinski definition) is 1. The van der Waals surface area contributed by atoms with Gasteiger partial charge in [-0.1, -0.05) is 5.92 Å². The lowest BCUT2D eigenvalue weighted by Gasteiger charge is -2.21. The molecule has 0 radical (unpaired) electrons. The van der Waals surface area contributed by atoms with E-state index in [0.29, 0.717) is 11.9 Å². The fourth-order valence-electron chi connectivity index (χ4n) is 1.77. The zero-order valence-corrected chi connectivity index (χ0v) is 11.3. The van der Waals surface area contributed by atoms with Crippen LogP contribution in [0.5, 0.6) is 0 Å². The second-order valence-electron chi connectivity index (χ2n) is 4.82. The molecule has 1 fully saturated rings. The van der Waals surface area contributed by atoms with Crippen molar-refractivity contribution in [1.82, 2.24) is 15.0 Å². The number of anilines is 2. The first-order valence-corrected chi connectivity index (χ1v) is 6.30. The first kappa shape index (κ1) is 12.9. The predicted molar refractivity (Wildman–Crippen MR) is 72.8 cm³/mol. The maximum Gasteiger partial charge on any atom is 0.231 e. The van der Waals surface area contributed by atoms with Crippen molar-refractivity contribution < 1.29 is 0 Å².